The summed E-state index contributed by atoms with van der Waals surface area (Å²) >= 11 is 0. The Bertz CT molecular complexity index is 551. The van der Waals surface area contributed by atoms with Crippen LogP contribution in [0.3, 0.4) is 0 Å². The van der Waals surface area contributed by atoms with Crippen LogP contribution in [0.25, 0.3) is 0 Å². The molecule has 0 unspecified atom stereocenters. The molecule has 6 heteroatoms. The first-order valence-corrected chi connectivity index (χ1v) is 9.55. The number of nitrogens with zero attached hydrogens (tertiary/aromatic N) is 1. The molecule has 0 spiro atoms. The first-order chi connectivity index (χ1) is 12.2. The van der Waals surface area contributed by atoms with Crippen molar-refractivity contribution >= 4 is 17.8 Å². The van der Waals surface area contributed by atoms with E-state index in [-0.39, 0.29) is 30.4 Å². The summed E-state index contributed by atoms with van der Waals surface area (Å²) in [5, 5.41) is 0. The number of carbonyl (C=O) groups is 3. The number of carbonyl (C=O) groups excluding carboxylic acids is 3. The maximum absolute atomic E-state index is 13.0. The number of esters is 2. The Morgan fingerprint density at radius 1 is 1.35 bits per heavy atom. The monoisotopic (exact) mass is 365 g/mol. The second-order valence-electron chi connectivity index (χ2n) is 8.22. The molecule has 2 saturated heterocycles. The van der Waals surface area contributed by atoms with Crippen molar-refractivity contribution in [3.8, 4) is 0 Å². The second-order valence-corrected chi connectivity index (χ2v) is 8.22. The molecule has 2 fully saturated rings. The molecule has 2 bridgehead atoms. The molecule has 1 amide bonds. The van der Waals surface area contributed by atoms with E-state index in [1.54, 1.807) is 4.90 Å². The van der Waals surface area contributed by atoms with Crippen LogP contribution in [0, 0.1) is 5.92 Å². The summed E-state index contributed by atoms with van der Waals surface area (Å²) in [4.78, 5) is 38.7. The standard InChI is InChI=1S/C20H31NO5/c1-5-6-7-8-9-10-14(11-17(22)26-20(2,3)4)18(23)21-13-15-12-16(21)19(24)25-15/h5,14-16H,1,6-13H2,2-4H3/t14-,15-,16+/m1/s1. The lowest BCUT2D eigenvalue weighted by Crippen LogP contribution is -2.47. The number of likely N-dealkylation sites (tertiary alicyclic amines) is 1. The fraction of sp³-hybridized carbons (Fsp3) is 0.750. The summed E-state index contributed by atoms with van der Waals surface area (Å²) in [6, 6.07) is -0.477. The number of ether oxygens (including phenoxy) is 2. The molecular formula is C20H31NO5. The molecule has 2 heterocycles. The highest BCUT2D eigenvalue weighted by atomic mass is 16.6. The van der Waals surface area contributed by atoms with Crippen molar-refractivity contribution in [2.45, 2.75) is 83.5 Å². The Morgan fingerprint density at radius 3 is 2.65 bits per heavy atom. The molecule has 6 nitrogen and oxygen atoms in total. The van der Waals surface area contributed by atoms with Gasteiger partial charge in [0.1, 0.15) is 17.7 Å². The zero-order valence-electron chi connectivity index (χ0n) is 16.2. The number of amides is 1. The van der Waals surface area contributed by atoms with Gasteiger partial charge in [-0.15, -0.1) is 6.58 Å². The fourth-order valence-corrected chi connectivity index (χ4v) is 3.58. The third-order valence-corrected chi connectivity index (χ3v) is 4.74. The lowest BCUT2D eigenvalue weighted by Gasteiger charge is -2.30. The summed E-state index contributed by atoms with van der Waals surface area (Å²) in [6.45, 7) is 9.59. The number of hydrogen-bond donors (Lipinski definition) is 0. The fourth-order valence-electron chi connectivity index (χ4n) is 3.58. The van der Waals surface area contributed by atoms with Crippen molar-refractivity contribution in [1.29, 1.82) is 0 Å². The van der Waals surface area contributed by atoms with Crippen LogP contribution in [-0.4, -0.2) is 47.0 Å². The molecule has 0 N–H and O–H groups in total. The Hall–Kier alpha value is -1.85. The smallest absolute Gasteiger partial charge is 0.329 e. The van der Waals surface area contributed by atoms with Crippen LogP contribution >= 0.6 is 0 Å². The Kier molecular flexibility index (Phi) is 6.84. The minimum atomic E-state index is -0.578. The summed E-state index contributed by atoms with van der Waals surface area (Å²) in [7, 11) is 0. The molecule has 0 radical (unpaired) electrons. The predicted octanol–water partition coefficient (Wildman–Crippen LogP) is 3.00. The van der Waals surface area contributed by atoms with E-state index in [0.717, 1.165) is 25.7 Å². The van der Waals surface area contributed by atoms with Gasteiger partial charge >= 0.3 is 11.9 Å². The molecule has 0 aromatic heterocycles. The van der Waals surface area contributed by atoms with Gasteiger partial charge in [0.2, 0.25) is 5.91 Å². The number of rotatable bonds is 9. The van der Waals surface area contributed by atoms with Crippen LogP contribution in [-0.2, 0) is 23.9 Å². The van der Waals surface area contributed by atoms with Crippen molar-refractivity contribution in [3.05, 3.63) is 12.7 Å². The van der Waals surface area contributed by atoms with Crippen molar-refractivity contribution in [2.75, 3.05) is 6.54 Å². The van der Waals surface area contributed by atoms with Gasteiger partial charge < -0.3 is 14.4 Å². The average molecular weight is 365 g/mol. The molecule has 0 aromatic carbocycles. The topological polar surface area (TPSA) is 72.9 Å². The van der Waals surface area contributed by atoms with Crippen LogP contribution < -0.4 is 0 Å². The summed E-state index contributed by atoms with van der Waals surface area (Å²) in [5.41, 5.74) is -0.578. The number of allylic oxidation sites excluding steroid dienone is 1. The minimum Gasteiger partial charge on any atom is -0.460 e. The quantitative estimate of drug-likeness (QED) is 0.357. The first kappa shape index (κ1) is 20.5. The lowest BCUT2D eigenvalue weighted by molar-refractivity contribution is -0.162. The van der Waals surface area contributed by atoms with Gasteiger partial charge in [-0.05, 0) is 40.0 Å². The van der Waals surface area contributed by atoms with Gasteiger partial charge in [-0.1, -0.05) is 18.9 Å². The summed E-state index contributed by atoms with van der Waals surface area (Å²) in [5.74, 6) is -1.25. The molecule has 0 aromatic rings. The second kappa shape index (κ2) is 8.69. The number of morpholine rings is 1. The highest BCUT2D eigenvalue weighted by Gasteiger charge is 2.49. The molecular weight excluding hydrogens is 334 g/mol. The van der Waals surface area contributed by atoms with E-state index in [9.17, 15) is 14.4 Å². The van der Waals surface area contributed by atoms with Crippen LogP contribution in [0.1, 0.15) is 65.7 Å². The van der Waals surface area contributed by atoms with Crippen LogP contribution in [0.5, 0.6) is 0 Å². The zero-order chi connectivity index (χ0) is 19.3. The normalized spacial score (nSPS) is 22.9. The number of hydrogen-bond acceptors (Lipinski definition) is 5. The van der Waals surface area contributed by atoms with Gasteiger partial charge in [-0.3, -0.25) is 9.59 Å². The molecule has 2 aliphatic rings. The molecule has 26 heavy (non-hydrogen) atoms. The van der Waals surface area contributed by atoms with Crippen LogP contribution in [0.4, 0.5) is 0 Å². The van der Waals surface area contributed by atoms with E-state index >= 15 is 0 Å². The van der Waals surface area contributed by atoms with E-state index in [4.69, 9.17) is 9.47 Å². The van der Waals surface area contributed by atoms with Crippen molar-refractivity contribution < 1.29 is 23.9 Å². The highest BCUT2D eigenvalue weighted by molar-refractivity contribution is 5.90. The molecule has 0 saturated carbocycles. The van der Waals surface area contributed by atoms with Crippen molar-refractivity contribution in [2.24, 2.45) is 5.92 Å². The first-order valence-electron chi connectivity index (χ1n) is 9.55. The molecule has 146 valence electrons. The predicted molar refractivity (Wildman–Crippen MR) is 97.2 cm³/mol. The Labute approximate surface area is 155 Å². The Balaban J connectivity index is 1.97. The van der Waals surface area contributed by atoms with Gasteiger partial charge in [0, 0.05) is 12.3 Å². The van der Waals surface area contributed by atoms with E-state index in [0.29, 0.717) is 19.4 Å². The van der Waals surface area contributed by atoms with Gasteiger partial charge in [-0.25, -0.2) is 4.79 Å². The van der Waals surface area contributed by atoms with Gasteiger partial charge in [0.25, 0.3) is 0 Å². The van der Waals surface area contributed by atoms with Crippen LogP contribution in [0.15, 0.2) is 12.7 Å². The molecule has 3 atom stereocenters. The Morgan fingerprint density at radius 2 is 2.08 bits per heavy atom. The van der Waals surface area contributed by atoms with Gasteiger partial charge in [0.15, 0.2) is 0 Å². The number of fused-ring (bicyclic) bond motifs is 2. The lowest BCUT2D eigenvalue weighted by atomic mass is 9.95. The maximum Gasteiger partial charge on any atom is 0.329 e. The third kappa shape index (κ3) is 5.58. The highest BCUT2D eigenvalue weighted by Crippen LogP contribution is 2.32. The molecule has 2 rings (SSSR count). The maximum atomic E-state index is 13.0. The largest absolute Gasteiger partial charge is 0.460 e. The van der Waals surface area contributed by atoms with Gasteiger partial charge in [0.05, 0.1) is 13.0 Å². The van der Waals surface area contributed by atoms with Crippen molar-refractivity contribution in [3.63, 3.8) is 0 Å². The van der Waals surface area contributed by atoms with Crippen molar-refractivity contribution in [1.82, 2.24) is 4.90 Å². The van der Waals surface area contributed by atoms with Gasteiger partial charge in [-0.2, -0.15) is 0 Å². The van der Waals surface area contributed by atoms with E-state index in [1.165, 1.54) is 0 Å². The summed E-state index contributed by atoms with van der Waals surface area (Å²) in [6.07, 6.45) is 6.77. The molecule has 2 aliphatic heterocycles. The number of unbranched alkanes of at least 4 members (excludes halogenated alkanes) is 3. The van der Waals surface area contributed by atoms with E-state index in [2.05, 4.69) is 6.58 Å². The third-order valence-electron chi connectivity index (χ3n) is 4.74. The van der Waals surface area contributed by atoms with Crippen LogP contribution in [0.2, 0.25) is 0 Å². The average Bonchev–Trinajstić information content (AvgIpc) is 3.10. The summed E-state index contributed by atoms with van der Waals surface area (Å²) < 4.78 is 10.6. The van der Waals surface area contributed by atoms with E-state index in [1.807, 2.05) is 26.8 Å². The zero-order valence-corrected chi connectivity index (χ0v) is 16.2. The van der Waals surface area contributed by atoms with E-state index < -0.39 is 17.6 Å². The minimum absolute atomic E-state index is 0.0560. The SMILES string of the molecule is C=CCCCCC[C@H](CC(=O)OC(C)(C)C)C(=O)N1C[C@H]2C[C@H]1C(=O)O2. The molecule has 0 aliphatic carbocycles.